The number of aryl methyl sites for hydroxylation is 1. The number of anilines is 1. The van der Waals surface area contributed by atoms with Gasteiger partial charge in [-0.05, 0) is 31.5 Å². The van der Waals surface area contributed by atoms with Gasteiger partial charge in [0.05, 0.1) is 25.7 Å². The number of ether oxygens (including phenoxy) is 2. The molecular weight excluding hydrogens is 464 g/mol. The quantitative estimate of drug-likeness (QED) is 0.283. The molecule has 2 aromatic carbocycles. The van der Waals surface area contributed by atoms with Crippen LogP contribution >= 0.6 is 11.8 Å². The summed E-state index contributed by atoms with van der Waals surface area (Å²) in [7, 11) is 4.95. The van der Waals surface area contributed by atoms with Crippen LogP contribution in [0.3, 0.4) is 0 Å². The molecule has 0 fully saturated rings. The molecule has 0 spiro atoms. The lowest BCUT2D eigenvalue weighted by Crippen LogP contribution is -2.26. The van der Waals surface area contributed by atoms with Crippen LogP contribution in [0.4, 0.5) is 5.69 Å². The van der Waals surface area contributed by atoms with Gasteiger partial charge in [0, 0.05) is 30.9 Å². The highest BCUT2D eigenvalue weighted by atomic mass is 32.2. The second-order valence-corrected chi connectivity index (χ2v) is 9.23. The third-order valence-corrected chi connectivity index (χ3v) is 6.56. The lowest BCUT2D eigenvalue weighted by Gasteiger charge is -2.16. The van der Waals surface area contributed by atoms with Crippen LogP contribution in [0.2, 0.25) is 0 Å². The molecule has 2 heterocycles. The zero-order valence-corrected chi connectivity index (χ0v) is 21.2. The molecule has 0 atom stereocenters. The van der Waals surface area contributed by atoms with Crippen molar-refractivity contribution < 1.29 is 14.3 Å². The van der Waals surface area contributed by atoms with E-state index in [2.05, 4.69) is 5.32 Å². The molecule has 0 aliphatic heterocycles. The van der Waals surface area contributed by atoms with Crippen LogP contribution in [0, 0.1) is 0 Å². The van der Waals surface area contributed by atoms with Gasteiger partial charge in [-0.1, -0.05) is 42.1 Å². The number of aromatic nitrogens is 3. The first kappa shape index (κ1) is 24.4. The Morgan fingerprint density at radius 1 is 1.11 bits per heavy atom. The first-order valence-corrected chi connectivity index (χ1v) is 12.1. The van der Waals surface area contributed by atoms with Crippen molar-refractivity contribution in [2.75, 3.05) is 25.3 Å². The average molecular weight is 493 g/mol. The van der Waals surface area contributed by atoms with E-state index in [0.29, 0.717) is 33.4 Å². The van der Waals surface area contributed by atoms with E-state index in [4.69, 9.17) is 14.5 Å². The number of nitrogens with zero attached hydrogens (tertiary/aromatic N) is 3. The normalized spacial score (nSPS) is 11.1. The minimum absolute atomic E-state index is 0.0767. The van der Waals surface area contributed by atoms with Gasteiger partial charge in [0.2, 0.25) is 5.91 Å². The predicted molar refractivity (Wildman–Crippen MR) is 140 cm³/mol. The lowest BCUT2D eigenvalue weighted by molar-refractivity contribution is -0.113. The third kappa shape index (κ3) is 4.90. The molecule has 2 aromatic heterocycles. The zero-order chi connectivity index (χ0) is 25.1. The van der Waals surface area contributed by atoms with Gasteiger partial charge in [-0.2, -0.15) is 0 Å². The van der Waals surface area contributed by atoms with Crippen molar-refractivity contribution >= 4 is 34.4 Å². The summed E-state index contributed by atoms with van der Waals surface area (Å²) in [6.45, 7) is 3.87. The van der Waals surface area contributed by atoms with Gasteiger partial charge in [-0.3, -0.25) is 14.2 Å². The van der Waals surface area contributed by atoms with Crippen molar-refractivity contribution in [1.29, 1.82) is 0 Å². The maximum Gasteiger partial charge on any atom is 0.278 e. The molecule has 0 saturated heterocycles. The molecule has 8 nitrogen and oxygen atoms in total. The van der Waals surface area contributed by atoms with E-state index in [1.54, 1.807) is 29.9 Å². The summed E-state index contributed by atoms with van der Waals surface area (Å²) in [6.07, 6.45) is 1.93. The van der Waals surface area contributed by atoms with Crippen molar-refractivity contribution in [2.24, 2.45) is 7.05 Å². The number of carbonyl (C=O) groups is 1. The standard InChI is InChI=1S/C26H28N4O4S/c1-16(2)30-25(32)24-23(19(14-29(24)3)17-9-7-6-8-10-17)28-26(30)35-15-22(31)27-20-12-11-18(33-4)13-21(20)34-5/h6-14,16H,15H2,1-5H3,(H,27,31). The summed E-state index contributed by atoms with van der Waals surface area (Å²) in [5.74, 6) is 0.968. The number of fused-ring (bicyclic) bond motifs is 1. The fraction of sp³-hybridized carbons (Fsp3) is 0.269. The first-order valence-electron chi connectivity index (χ1n) is 11.2. The monoisotopic (exact) mass is 492 g/mol. The minimum Gasteiger partial charge on any atom is -0.497 e. The predicted octanol–water partition coefficient (Wildman–Crippen LogP) is 4.73. The highest BCUT2D eigenvalue weighted by Gasteiger charge is 2.21. The molecule has 0 bridgehead atoms. The Kier molecular flexibility index (Phi) is 7.16. The lowest BCUT2D eigenvalue weighted by atomic mass is 10.1. The molecule has 0 saturated carbocycles. The first-order chi connectivity index (χ1) is 16.8. The van der Waals surface area contributed by atoms with Crippen LogP contribution in [0.5, 0.6) is 11.5 Å². The fourth-order valence-electron chi connectivity index (χ4n) is 3.93. The molecule has 9 heteroatoms. The van der Waals surface area contributed by atoms with E-state index < -0.39 is 0 Å². The highest BCUT2D eigenvalue weighted by Crippen LogP contribution is 2.31. The van der Waals surface area contributed by atoms with E-state index in [-0.39, 0.29) is 23.3 Å². The van der Waals surface area contributed by atoms with Crippen molar-refractivity contribution in [3.63, 3.8) is 0 Å². The molecule has 0 radical (unpaired) electrons. The number of hydrogen-bond acceptors (Lipinski definition) is 6. The van der Waals surface area contributed by atoms with Crippen molar-refractivity contribution in [1.82, 2.24) is 14.1 Å². The molecule has 0 aliphatic carbocycles. The zero-order valence-electron chi connectivity index (χ0n) is 20.4. The van der Waals surface area contributed by atoms with Crippen LogP contribution in [-0.2, 0) is 11.8 Å². The van der Waals surface area contributed by atoms with Gasteiger partial charge < -0.3 is 19.4 Å². The van der Waals surface area contributed by atoms with E-state index in [0.717, 1.165) is 11.1 Å². The van der Waals surface area contributed by atoms with E-state index in [9.17, 15) is 9.59 Å². The molecule has 0 unspecified atom stereocenters. The maximum atomic E-state index is 13.5. The largest absolute Gasteiger partial charge is 0.497 e. The Labute approximate surface area is 207 Å². The van der Waals surface area contributed by atoms with Crippen LogP contribution in [0.15, 0.2) is 64.7 Å². The second-order valence-electron chi connectivity index (χ2n) is 8.28. The summed E-state index contributed by atoms with van der Waals surface area (Å²) >= 11 is 1.23. The maximum absolute atomic E-state index is 13.5. The molecule has 0 aliphatic rings. The Bertz CT molecular complexity index is 1430. The van der Waals surface area contributed by atoms with E-state index >= 15 is 0 Å². The van der Waals surface area contributed by atoms with Crippen LogP contribution in [0.25, 0.3) is 22.2 Å². The van der Waals surface area contributed by atoms with Crippen molar-refractivity contribution in [3.8, 4) is 22.6 Å². The van der Waals surface area contributed by atoms with Gasteiger partial charge >= 0.3 is 0 Å². The van der Waals surface area contributed by atoms with Crippen molar-refractivity contribution in [3.05, 3.63) is 65.1 Å². The Balaban J connectivity index is 1.66. The van der Waals surface area contributed by atoms with Gasteiger partial charge in [0.1, 0.15) is 22.5 Å². The summed E-state index contributed by atoms with van der Waals surface area (Å²) in [6, 6.07) is 14.9. The van der Waals surface area contributed by atoms with Crippen LogP contribution in [0.1, 0.15) is 19.9 Å². The number of thioether (sulfide) groups is 1. The summed E-state index contributed by atoms with van der Waals surface area (Å²) in [5.41, 5.74) is 3.43. The molecule has 35 heavy (non-hydrogen) atoms. The van der Waals surface area contributed by atoms with Crippen LogP contribution < -0.4 is 20.3 Å². The Morgan fingerprint density at radius 3 is 2.51 bits per heavy atom. The number of carbonyl (C=O) groups excluding carboxylic acids is 1. The smallest absolute Gasteiger partial charge is 0.278 e. The van der Waals surface area contributed by atoms with Gasteiger partial charge in [-0.25, -0.2) is 4.98 Å². The van der Waals surface area contributed by atoms with Gasteiger partial charge in [-0.15, -0.1) is 0 Å². The topological polar surface area (TPSA) is 87.4 Å². The number of rotatable bonds is 8. The van der Waals surface area contributed by atoms with Crippen LogP contribution in [-0.4, -0.2) is 40.0 Å². The summed E-state index contributed by atoms with van der Waals surface area (Å²) in [4.78, 5) is 31.2. The number of nitrogens with one attached hydrogen (secondary N) is 1. The van der Waals surface area contributed by atoms with Gasteiger partial charge in [0.15, 0.2) is 5.16 Å². The second kappa shape index (κ2) is 10.3. The molecular formula is C26H28N4O4S. The number of amides is 1. The highest BCUT2D eigenvalue weighted by molar-refractivity contribution is 7.99. The van der Waals surface area contributed by atoms with E-state index in [1.165, 1.54) is 18.9 Å². The number of benzene rings is 2. The average Bonchev–Trinajstić information content (AvgIpc) is 3.19. The minimum atomic E-state index is -0.237. The van der Waals surface area contributed by atoms with Gasteiger partial charge in [0.25, 0.3) is 5.56 Å². The SMILES string of the molecule is COc1ccc(NC(=O)CSc2nc3c(-c4ccccc4)cn(C)c3c(=O)n2C(C)C)c(OC)c1. The van der Waals surface area contributed by atoms with Crippen molar-refractivity contribution in [2.45, 2.75) is 25.0 Å². The molecule has 4 rings (SSSR count). The Hall–Kier alpha value is -3.72. The molecule has 4 aromatic rings. The third-order valence-electron chi connectivity index (χ3n) is 5.61. The summed E-state index contributed by atoms with van der Waals surface area (Å²) < 4.78 is 14.0. The van der Waals surface area contributed by atoms with E-state index in [1.807, 2.05) is 62.0 Å². The fourth-order valence-corrected chi connectivity index (χ4v) is 4.86. The molecule has 182 valence electrons. The summed E-state index contributed by atoms with van der Waals surface area (Å²) in [5, 5.41) is 3.36. The Morgan fingerprint density at radius 2 is 1.86 bits per heavy atom. The molecule has 1 amide bonds. The molecule has 1 N–H and O–H groups in total. The number of methoxy groups -OCH3 is 2. The number of hydrogen-bond donors (Lipinski definition) is 1.